The first-order valence-electron chi connectivity index (χ1n) is 10.2. The number of rotatable bonds is 5. The summed E-state index contributed by atoms with van der Waals surface area (Å²) in [5, 5.41) is 21.1. The van der Waals surface area contributed by atoms with Crippen molar-refractivity contribution in [1.29, 1.82) is 0 Å². The van der Waals surface area contributed by atoms with Gasteiger partial charge in [-0.1, -0.05) is 5.16 Å². The van der Waals surface area contributed by atoms with E-state index in [1.165, 1.54) is 19.1 Å². The SMILES string of the molecule is CC(=O)OCc1nnc(-c2ccc(N3CCC(c4noc5ccc(F)cc45)CC3)nn2)o1. The molecule has 0 atom stereocenters. The molecule has 0 saturated carbocycles. The second-order valence-electron chi connectivity index (χ2n) is 7.53. The van der Waals surface area contributed by atoms with Gasteiger partial charge in [0.2, 0.25) is 0 Å². The number of piperidine rings is 1. The smallest absolute Gasteiger partial charge is 0.303 e. The van der Waals surface area contributed by atoms with Crippen molar-refractivity contribution in [3.63, 3.8) is 0 Å². The Kier molecular flexibility index (Phi) is 5.21. The van der Waals surface area contributed by atoms with Gasteiger partial charge in [0.05, 0.1) is 5.69 Å². The molecule has 164 valence electrons. The van der Waals surface area contributed by atoms with E-state index in [4.69, 9.17) is 13.7 Å². The number of nitrogens with zero attached hydrogens (tertiary/aromatic N) is 6. The first kappa shape index (κ1) is 20.0. The van der Waals surface area contributed by atoms with Crippen LogP contribution in [0.1, 0.15) is 37.3 Å². The fourth-order valence-electron chi connectivity index (χ4n) is 3.79. The molecule has 0 unspecified atom stereocenters. The number of ether oxygens (including phenoxy) is 1. The highest BCUT2D eigenvalue weighted by atomic mass is 19.1. The number of halogens is 1. The molecule has 1 aliphatic heterocycles. The molecule has 0 N–H and O–H groups in total. The predicted octanol–water partition coefficient (Wildman–Crippen LogP) is 3.25. The van der Waals surface area contributed by atoms with Crippen molar-refractivity contribution in [2.24, 2.45) is 0 Å². The Balaban J connectivity index is 1.23. The number of hydrogen-bond acceptors (Lipinski definition) is 10. The molecular formula is C21H19FN6O4. The third-order valence-electron chi connectivity index (χ3n) is 5.40. The molecule has 4 heterocycles. The zero-order chi connectivity index (χ0) is 22.1. The Morgan fingerprint density at radius 1 is 1.16 bits per heavy atom. The lowest BCUT2D eigenvalue weighted by molar-refractivity contribution is -0.142. The quantitative estimate of drug-likeness (QED) is 0.429. The monoisotopic (exact) mass is 438 g/mol. The van der Waals surface area contributed by atoms with Crippen LogP contribution >= 0.6 is 0 Å². The topological polar surface area (TPSA) is 120 Å². The van der Waals surface area contributed by atoms with Crippen LogP contribution in [-0.4, -0.2) is 44.6 Å². The maximum atomic E-state index is 13.6. The van der Waals surface area contributed by atoms with Gasteiger partial charge in [-0.05, 0) is 43.2 Å². The number of fused-ring (bicyclic) bond motifs is 1. The third-order valence-corrected chi connectivity index (χ3v) is 5.40. The summed E-state index contributed by atoms with van der Waals surface area (Å²) in [6, 6.07) is 8.06. The molecule has 0 spiro atoms. The summed E-state index contributed by atoms with van der Waals surface area (Å²) < 4.78 is 29.3. The molecule has 3 aromatic heterocycles. The Hall–Kier alpha value is -3.89. The lowest BCUT2D eigenvalue weighted by Crippen LogP contribution is -2.33. The molecule has 1 aromatic carbocycles. The standard InChI is InChI=1S/C21H19FN6O4/c1-12(29)30-11-19-25-26-21(31-19)16-3-5-18(24-23-16)28-8-6-13(7-9-28)20-15-10-14(22)2-4-17(15)32-27-20/h2-5,10,13H,6-9,11H2,1H3. The molecule has 1 fully saturated rings. The van der Waals surface area contributed by atoms with E-state index < -0.39 is 5.97 Å². The molecule has 1 saturated heterocycles. The van der Waals surface area contributed by atoms with E-state index in [0.717, 1.165) is 42.8 Å². The summed E-state index contributed by atoms with van der Waals surface area (Å²) in [6.45, 7) is 2.74. The number of esters is 1. The molecule has 0 bridgehead atoms. The average Bonchev–Trinajstić information content (AvgIpc) is 3.45. The lowest BCUT2D eigenvalue weighted by Gasteiger charge is -2.31. The molecule has 11 heteroatoms. The van der Waals surface area contributed by atoms with Crippen LogP contribution in [0, 0.1) is 5.82 Å². The zero-order valence-electron chi connectivity index (χ0n) is 17.2. The number of aromatic nitrogens is 5. The first-order valence-corrected chi connectivity index (χ1v) is 10.2. The number of carbonyl (C=O) groups is 1. The van der Waals surface area contributed by atoms with Crippen LogP contribution in [0.25, 0.3) is 22.6 Å². The summed E-state index contributed by atoms with van der Waals surface area (Å²) in [6.07, 6.45) is 1.68. The molecule has 0 amide bonds. The summed E-state index contributed by atoms with van der Waals surface area (Å²) in [5.41, 5.74) is 1.84. The van der Waals surface area contributed by atoms with Gasteiger partial charge in [-0.25, -0.2) is 4.39 Å². The molecule has 5 rings (SSSR count). The van der Waals surface area contributed by atoms with E-state index in [9.17, 15) is 9.18 Å². The van der Waals surface area contributed by atoms with Crippen LogP contribution in [0.3, 0.4) is 0 Å². The largest absolute Gasteiger partial charge is 0.456 e. The van der Waals surface area contributed by atoms with E-state index in [1.54, 1.807) is 12.1 Å². The minimum Gasteiger partial charge on any atom is -0.456 e. The van der Waals surface area contributed by atoms with Gasteiger partial charge in [0.25, 0.3) is 11.8 Å². The fraction of sp³-hybridized carbons (Fsp3) is 0.333. The van der Waals surface area contributed by atoms with Crippen LogP contribution in [-0.2, 0) is 16.1 Å². The van der Waals surface area contributed by atoms with Gasteiger partial charge in [-0.2, -0.15) is 0 Å². The third kappa shape index (κ3) is 4.01. The molecular weight excluding hydrogens is 419 g/mol. The second-order valence-corrected chi connectivity index (χ2v) is 7.53. The van der Waals surface area contributed by atoms with Crippen molar-refractivity contribution in [3.8, 4) is 11.6 Å². The summed E-state index contributed by atoms with van der Waals surface area (Å²) in [4.78, 5) is 13.0. The van der Waals surface area contributed by atoms with Gasteiger partial charge in [-0.15, -0.1) is 20.4 Å². The van der Waals surface area contributed by atoms with Gasteiger partial charge in [0.1, 0.15) is 11.5 Å². The molecule has 1 aliphatic rings. The number of hydrogen-bond donors (Lipinski definition) is 0. The molecule has 4 aromatic rings. The summed E-state index contributed by atoms with van der Waals surface area (Å²) >= 11 is 0. The van der Waals surface area contributed by atoms with Crippen molar-refractivity contribution in [2.75, 3.05) is 18.0 Å². The van der Waals surface area contributed by atoms with Crippen molar-refractivity contribution in [3.05, 3.63) is 47.7 Å². The first-order chi connectivity index (χ1) is 15.6. The Labute approximate surface area is 181 Å². The van der Waals surface area contributed by atoms with Crippen LogP contribution in [0.15, 0.2) is 39.3 Å². The molecule has 32 heavy (non-hydrogen) atoms. The molecule has 0 aliphatic carbocycles. The summed E-state index contributed by atoms with van der Waals surface area (Å²) in [5.74, 6) is 0.591. The predicted molar refractivity (Wildman–Crippen MR) is 109 cm³/mol. The maximum absolute atomic E-state index is 13.6. The fourth-order valence-corrected chi connectivity index (χ4v) is 3.79. The average molecular weight is 438 g/mol. The van der Waals surface area contributed by atoms with Crippen LogP contribution in [0.4, 0.5) is 10.2 Å². The van der Waals surface area contributed by atoms with E-state index in [1.807, 2.05) is 6.07 Å². The van der Waals surface area contributed by atoms with Crippen LogP contribution < -0.4 is 4.90 Å². The minimum atomic E-state index is -0.429. The van der Waals surface area contributed by atoms with Gasteiger partial charge >= 0.3 is 5.97 Å². The van der Waals surface area contributed by atoms with E-state index in [-0.39, 0.29) is 30.1 Å². The Bertz CT molecular complexity index is 1250. The van der Waals surface area contributed by atoms with Crippen molar-refractivity contribution in [1.82, 2.24) is 25.6 Å². The van der Waals surface area contributed by atoms with Gasteiger partial charge < -0.3 is 18.6 Å². The maximum Gasteiger partial charge on any atom is 0.303 e. The molecule has 0 radical (unpaired) electrons. The van der Waals surface area contributed by atoms with Crippen LogP contribution in [0.2, 0.25) is 0 Å². The number of anilines is 1. The number of carbonyl (C=O) groups excluding carboxylic acids is 1. The van der Waals surface area contributed by atoms with Crippen molar-refractivity contribution in [2.45, 2.75) is 32.3 Å². The highest BCUT2D eigenvalue weighted by Gasteiger charge is 2.26. The number of benzene rings is 1. The molecule has 10 nitrogen and oxygen atoms in total. The van der Waals surface area contributed by atoms with Crippen molar-refractivity contribution >= 4 is 22.8 Å². The summed E-state index contributed by atoms with van der Waals surface area (Å²) in [7, 11) is 0. The van der Waals surface area contributed by atoms with Crippen LogP contribution in [0.5, 0.6) is 0 Å². The Morgan fingerprint density at radius 2 is 2.00 bits per heavy atom. The van der Waals surface area contributed by atoms with E-state index in [2.05, 4.69) is 30.5 Å². The van der Waals surface area contributed by atoms with Crippen molar-refractivity contribution < 1.29 is 22.9 Å². The minimum absolute atomic E-state index is 0.0871. The van der Waals surface area contributed by atoms with E-state index >= 15 is 0 Å². The Morgan fingerprint density at radius 3 is 2.75 bits per heavy atom. The van der Waals surface area contributed by atoms with Gasteiger partial charge in [0, 0.05) is 31.3 Å². The normalized spacial score (nSPS) is 14.8. The van der Waals surface area contributed by atoms with Gasteiger partial charge in [-0.3, -0.25) is 4.79 Å². The second kappa shape index (κ2) is 8.33. The lowest BCUT2D eigenvalue weighted by atomic mass is 9.91. The van der Waals surface area contributed by atoms with Gasteiger partial charge in [0.15, 0.2) is 18.0 Å². The zero-order valence-corrected chi connectivity index (χ0v) is 17.2. The highest BCUT2D eigenvalue weighted by molar-refractivity contribution is 5.80. The highest BCUT2D eigenvalue weighted by Crippen LogP contribution is 2.34. The van der Waals surface area contributed by atoms with E-state index in [0.29, 0.717) is 11.3 Å².